The highest BCUT2D eigenvalue weighted by atomic mass is 16.5. The molecule has 2 atom stereocenters. The molecule has 18 heavy (non-hydrogen) atoms. The minimum Gasteiger partial charge on any atom is -0.496 e. The number of amides is 1. The predicted molar refractivity (Wildman–Crippen MR) is 72.4 cm³/mol. The van der Waals surface area contributed by atoms with Crippen molar-refractivity contribution in [2.24, 2.45) is 5.73 Å². The van der Waals surface area contributed by atoms with Crippen molar-refractivity contribution in [3.05, 3.63) is 29.8 Å². The number of para-hydroxylation sites is 1. The second-order valence-electron chi connectivity index (χ2n) is 4.71. The highest BCUT2D eigenvalue weighted by Crippen LogP contribution is 2.24. The molecule has 100 valence electrons. The van der Waals surface area contributed by atoms with Crippen LogP contribution in [-0.4, -0.2) is 18.6 Å². The Labute approximate surface area is 109 Å². The van der Waals surface area contributed by atoms with Crippen LogP contribution in [0.25, 0.3) is 0 Å². The smallest absolute Gasteiger partial charge is 0.240 e. The molecule has 0 radical (unpaired) electrons. The molecule has 1 aromatic carbocycles. The van der Waals surface area contributed by atoms with Gasteiger partial charge in [-0.1, -0.05) is 25.1 Å². The molecule has 1 rings (SSSR count). The first kappa shape index (κ1) is 14.5. The van der Waals surface area contributed by atoms with Crippen LogP contribution in [0.3, 0.4) is 0 Å². The maximum Gasteiger partial charge on any atom is 0.240 e. The molecule has 1 aromatic rings. The monoisotopic (exact) mass is 250 g/mol. The zero-order valence-corrected chi connectivity index (χ0v) is 11.5. The Hall–Kier alpha value is -1.55. The van der Waals surface area contributed by atoms with Crippen molar-refractivity contribution in [3.63, 3.8) is 0 Å². The number of rotatable bonds is 5. The minimum absolute atomic E-state index is 0.136. The SMILES string of the molecule is CCC(C)(N)C(=O)N[C@@H](C)c1ccccc1OC. The van der Waals surface area contributed by atoms with Gasteiger partial charge in [-0.2, -0.15) is 0 Å². The summed E-state index contributed by atoms with van der Waals surface area (Å²) < 4.78 is 5.28. The molecule has 0 aromatic heterocycles. The number of hydrogen-bond donors (Lipinski definition) is 2. The van der Waals surface area contributed by atoms with E-state index in [4.69, 9.17) is 10.5 Å². The summed E-state index contributed by atoms with van der Waals surface area (Å²) in [7, 11) is 1.62. The van der Waals surface area contributed by atoms with Crippen LogP contribution in [0.1, 0.15) is 38.8 Å². The van der Waals surface area contributed by atoms with Gasteiger partial charge < -0.3 is 15.8 Å². The standard InChI is InChI=1S/C14H22N2O2/c1-5-14(3,15)13(17)16-10(2)11-8-6-7-9-12(11)18-4/h6-10H,5,15H2,1-4H3,(H,16,17)/t10-,14?/m0/s1. The van der Waals surface area contributed by atoms with E-state index in [0.717, 1.165) is 11.3 Å². The summed E-state index contributed by atoms with van der Waals surface area (Å²) in [6.07, 6.45) is 0.595. The molecule has 0 saturated heterocycles. The van der Waals surface area contributed by atoms with Crippen molar-refractivity contribution >= 4 is 5.91 Å². The molecule has 0 saturated carbocycles. The number of ether oxygens (including phenoxy) is 1. The van der Waals surface area contributed by atoms with E-state index in [2.05, 4.69) is 5.32 Å². The van der Waals surface area contributed by atoms with E-state index in [1.165, 1.54) is 0 Å². The topological polar surface area (TPSA) is 64.4 Å². The van der Waals surface area contributed by atoms with Crippen LogP contribution < -0.4 is 15.8 Å². The molecule has 4 nitrogen and oxygen atoms in total. The number of carbonyl (C=O) groups excluding carboxylic acids is 1. The van der Waals surface area contributed by atoms with E-state index in [9.17, 15) is 4.79 Å². The third-order valence-corrected chi connectivity index (χ3v) is 3.21. The van der Waals surface area contributed by atoms with Crippen LogP contribution in [0.4, 0.5) is 0 Å². The molecular weight excluding hydrogens is 228 g/mol. The van der Waals surface area contributed by atoms with E-state index in [1.807, 2.05) is 38.1 Å². The molecule has 3 N–H and O–H groups in total. The average molecular weight is 250 g/mol. The highest BCUT2D eigenvalue weighted by molar-refractivity contribution is 5.85. The summed E-state index contributed by atoms with van der Waals surface area (Å²) in [5.74, 6) is 0.615. The van der Waals surface area contributed by atoms with E-state index in [0.29, 0.717) is 6.42 Å². The lowest BCUT2D eigenvalue weighted by atomic mass is 9.98. The lowest BCUT2D eigenvalue weighted by Gasteiger charge is -2.25. The molecule has 1 unspecified atom stereocenters. The summed E-state index contributed by atoms with van der Waals surface area (Å²) in [4.78, 5) is 12.0. The zero-order chi connectivity index (χ0) is 13.8. The molecule has 0 heterocycles. The molecule has 0 spiro atoms. The van der Waals surface area contributed by atoms with E-state index in [-0.39, 0.29) is 11.9 Å². The molecule has 0 fully saturated rings. The molecule has 4 heteroatoms. The molecule has 1 amide bonds. The summed E-state index contributed by atoms with van der Waals surface area (Å²) in [5, 5.41) is 2.92. The van der Waals surface area contributed by atoms with Crippen molar-refractivity contribution in [1.29, 1.82) is 0 Å². The number of nitrogens with one attached hydrogen (secondary N) is 1. The average Bonchev–Trinajstić information content (AvgIpc) is 2.38. The first-order valence-corrected chi connectivity index (χ1v) is 6.15. The van der Waals surface area contributed by atoms with E-state index < -0.39 is 5.54 Å². The van der Waals surface area contributed by atoms with Crippen LogP contribution in [-0.2, 0) is 4.79 Å². The summed E-state index contributed by atoms with van der Waals surface area (Å²) in [5.41, 5.74) is 6.02. The van der Waals surface area contributed by atoms with Gasteiger partial charge in [0.1, 0.15) is 5.75 Å². The van der Waals surface area contributed by atoms with Gasteiger partial charge in [0.05, 0.1) is 18.7 Å². The number of methoxy groups -OCH3 is 1. The van der Waals surface area contributed by atoms with Crippen LogP contribution in [0.5, 0.6) is 5.75 Å². The molecule has 0 aliphatic carbocycles. The lowest BCUT2D eigenvalue weighted by molar-refractivity contribution is -0.126. The molecule has 0 aliphatic rings. The Balaban J connectivity index is 2.83. The second-order valence-corrected chi connectivity index (χ2v) is 4.71. The van der Waals surface area contributed by atoms with Gasteiger partial charge in [-0.15, -0.1) is 0 Å². The van der Waals surface area contributed by atoms with Gasteiger partial charge in [0.25, 0.3) is 0 Å². The first-order valence-electron chi connectivity index (χ1n) is 6.15. The van der Waals surface area contributed by atoms with Crippen LogP contribution in [0, 0.1) is 0 Å². The zero-order valence-electron chi connectivity index (χ0n) is 11.5. The maximum absolute atomic E-state index is 12.0. The van der Waals surface area contributed by atoms with Crippen molar-refractivity contribution in [2.45, 2.75) is 38.8 Å². The molecule has 0 aliphatic heterocycles. The number of nitrogens with two attached hydrogens (primary N) is 1. The maximum atomic E-state index is 12.0. The van der Waals surface area contributed by atoms with Gasteiger partial charge in [-0.3, -0.25) is 4.79 Å². The number of hydrogen-bond acceptors (Lipinski definition) is 3. The van der Waals surface area contributed by atoms with E-state index >= 15 is 0 Å². The van der Waals surface area contributed by atoms with Crippen LogP contribution >= 0.6 is 0 Å². The normalized spacial score (nSPS) is 15.6. The fourth-order valence-corrected chi connectivity index (χ4v) is 1.62. The van der Waals surface area contributed by atoms with Crippen molar-refractivity contribution < 1.29 is 9.53 Å². The minimum atomic E-state index is -0.837. The Bertz CT molecular complexity index is 416. The Morgan fingerprint density at radius 1 is 1.50 bits per heavy atom. The third kappa shape index (κ3) is 3.23. The van der Waals surface area contributed by atoms with Gasteiger partial charge in [0.2, 0.25) is 5.91 Å². The van der Waals surface area contributed by atoms with Crippen LogP contribution in [0.15, 0.2) is 24.3 Å². The van der Waals surface area contributed by atoms with Gasteiger partial charge in [-0.05, 0) is 26.3 Å². The van der Waals surface area contributed by atoms with Crippen molar-refractivity contribution in [3.8, 4) is 5.75 Å². The van der Waals surface area contributed by atoms with Gasteiger partial charge >= 0.3 is 0 Å². The second kappa shape index (κ2) is 5.87. The van der Waals surface area contributed by atoms with Crippen molar-refractivity contribution in [2.75, 3.05) is 7.11 Å². The fraction of sp³-hybridized carbons (Fsp3) is 0.500. The number of benzene rings is 1. The summed E-state index contributed by atoms with van der Waals surface area (Å²) in [6, 6.07) is 7.49. The van der Waals surface area contributed by atoms with Gasteiger partial charge in [0.15, 0.2) is 0 Å². The van der Waals surface area contributed by atoms with Crippen molar-refractivity contribution in [1.82, 2.24) is 5.32 Å². The Kier molecular flexibility index (Phi) is 4.73. The fourth-order valence-electron chi connectivity index (χ4n) is 1.62. The van der Waals surface area contributed by atoms with Gasteiger partial charge in [0, 0.05) is 5.56 Å². The predicted octanol–water partition coefficient (Wildman–Crippen LogP) is 2.00. The Morgan fingerprint density at radius 3 is 2.67 bits per heavy atom. The third-order valence-electron chi connectivity index (χ3n) is 3.21. The first-order chi connectivity index (χ1) is 8.42. The quantitative estimate of drug-likeness (QED) is 0.840. The highest BCUT2D eigenvalue weighted by Gasteiger charge is 2.27. The van der Waals surface area contributed by atoms with E-state index in [1.54, 1.807) is 14.0 Å². The molecular formula is C14H22N2O2. The lowest BCUT2D eigenvalue weighted by Crippen LogP contribution is -2.51. The largest absolute Gasteiger partial charge is 0.496 e. The van der Waals surface area contributed by atoms with Gasteiger partial charge in [-0.25, -0.2) is 0 Å². The van der Waals surface area contributed by atoms with Crippen LogP contribution in [0.2, 0.25) is 0 Å². The Morgan fingerprint density at radius 2 is 2.11 bits per heavy atom. The molecule has 0 bridgehead atoms. The summed E-state index contributed by atoms with van der Waals surface area (Å²) in [6.45, 7) is 5.55. The summed E-state index contributed by atoms with van der Waals surface area (Å²) >= 11 is 0. The number of carbonyl (C=O) groups is 1.